The van der Waals surface area contributed by atoms with Crippen LogP contribution < -0.4 is 5.32 Å². The lowest BCUT2D eigenvalue weighted by molar-refractivity contribution is -0.192. The van der Waals surface area contributed by atoms with Gasteiger partial charge in [0, 0.05) is 31.1 Å². The summed E-state index contributed by atoms with van der Waals surface area (Å²) in [5.74, 6) is -3.67. The summed E-state index contributed by atoms with van der Waals surface area (Å²) in [6.07, 6.45) is -8.44. The van der Waals surface area contributed by atoms with Crippen LogP contribution in [-0.4, -0.2) is 45.3 Å². The van der Waals surface area contributed by atoms with Crippen molar-refractivity contribution in [1.29, 1.82) is 0 Å². The molecule has 0 unspecified atom stereocenters. The molecule has 13 heteroatoms. The van der Waals surface area contributed by atoms with E-state index in [4.69, 9.17) is 9.90 Å². The Balaban J connectivity index is 0.000000345. The predicted molar refractivity (Wildman–Crippen MR) is 80.5 cm³/mol. The summed E-state index contributed by atoms with van der Waals surface area (Å²) in [5.41, 5.74) is -1.57. The van der Waals surface area contributed by atoms with Gasteiger partial charge in [-0.25, -0.2) is 9.18 Å². The van der Waals surface area contributed by atoms with E-state index in [1.807, 2.05) is 0 Å². The summed E-state index contributed by atoms with van der Waals surface area (Å²) < 4.78 is 85.7. The van der Waals surface area contributed by atoms with E-state index < -0.39 is 29.7 Å². The van der Waals surface area contributed by atoms with Crippen LogP contribution in [0.1, 0.15) is 5.56 Å². The number of aromatic nitrogens is 3. The number of carbonyl (C=O) groups is 1. The van der Waals surface area contributed by atoms with Crippen molar-refractivity contribution >= 4 is 5.97 Å². The fourth-order valence-electron chi connectivity index (χ4n) is 2.28. The van der Waals surface area contributed by atoms with Crippen LogP contribution in [0.5, 0.6) is 0 Å². The molecule has 0 atom stereocenters. The van der Waals surface area contributed by atoms with Crippen molar-refractivity contribution in [2.45, 2.75) is 18.9 Å². The van der Waals surface area contributed by atoms with Crippen molar-refractivity contribution in [2.75, 3.05) is 13.1 Å². The van der Waals surface area contributed by atoms with E-state index in [2.05, 4.69) is 15.6 Å². The summed E-state index contributed by atoms with van der Waals surface area (Å²) in [6.45, 7) is 2.28. The lowest BCUT2D eigenvalue weighted by atomic mass is 10.0. The molecule has 1 saturated heterocycles. The zero-order valence-corrected chi connectivity index (χ0v) is 13.9. The first-order chi connectivity index (χ1) is 12.9. The van der Waals surface area contributed by atoms with Crippen molar-refractivity contribution in [3.63, 3.8) is 0 Å². The first kappa shape index (κ1) is 21.6. The quantitative estimate of drug-likeness (QED) is 0.756. The topological polar surface area (TPSA) is 80.0 Å². The van der Waals surface area contributed by atoms with Gasteiger partial charge in [-0.05, 0) is 6.07 Å². The second kappa shape index (κ2) is 8.12. The van der Waals surface area contributed by atoms with Crippen LogP contribution in [0.3, 0.4) is 0 Å². The van der Waals surface area contributed by atoms with Crippen molar-refractivity contribution in [2.24, 2.45) is 5.92 Å². The highest BCUT2D eigenvalue weighted by molar-refractivity contribution is 5.73. The lowest BCUT2D eigenvalue weighted by Gasteiger charge is -2.26. The number of carboxylic acid groups (broad SMARTS) is 1. The Morgan fingerprint density at radius 3 is 2.29 bits per heavy atom. The van der Waals surface area contributed by atoms with E-state index in [9.17, 15) is 30.7 Å². The van der Waals surface area contributed by atoms with Crippen molar-refractivity contribution in [1.82, 2.24) is 20.3 Å². The van der Waals surface area contributed by atoms with Crippen LogP contribution >= 0.6 is 0 Å². The molecule has 1 fully saturated rings. The molecule has 0 amide bonds. The third-order valence-corrected chi connectivity index (χ3v) is 3.67. The van der Waals surface area contributed by atoms with E-state index in [0.717, 1.165) is 19.2 Å². The molecule has 0 bridgehead atoms. The number of carboxylic acids is 1. The van der Waals surface area contributed by atoms with Gasteiger partial charge in [-0.3, -0.25) is 4.68 Å². The number of hydrogen-bond donors (Lipinski definition) is 2. The molecule has 0 saturated carbocycles. The zero-order valence-electron chi connectivity index (χ0n) is 13.9. The molecule has 154 valence electrons. The van der Waals surface area contributed by atoms with E-state index in [-0.39, 0.29) is 11.3 Å². The first-order valence-corrected chi connectivity index (χ1v) is 7.66. The van der Waals surface area contributed by atoms with Gasteiger partial charge in [0.15, 0.2) is 0 Å². The van der Waals surface area contributed by atoms with Crippen molar-refractivity contribution in [3.05, 3.63) is 35.8 Å². The monoisotopic (exact) mass is 414 g/mol. The SMILES string of the molecule is Fc1cccc(-c2cn(CC3CNC3)nn2)c1C(F)(F)F.O=C(O)C(F)(F)F. The summed E-state index contributed by atoms with van der Waals surface area (Å²) in [4.78, 5) is 8.90. The maximum absolute atomic E-state index is 13.5. The number of aliphatic carboxylic acids is 1. The molecular formula is C15H13F7N4O2. The van der Waals surface area contributed by atoms with Crippen LogP contribution in [-0.2, 0) is 17.5 Å². The average Bonchev–Trinajstić information content (AvgIpc) is 2.97. The summed E-state index contributed by atoms with van der Waals surface area (Å²) in [7, 11) is 0. The molecule has 0 spiro atoms. The van der Waals surface area contributed by atoms with Gasteiger partial charge in [-0.2, -0.15) is 26.3 Å². The average molecular weight is 414 g/mol. The normalized spacial score (nSPS) is 14.8. The van der Waals surface area contributed by atoms with Crippen LogP contribution in [0.4, 0.5) is 30.7 Å². The molecular weight excluding hydrogens is 401 g/mol. The number of hydrogen-bond acceptors (Lipinski definition) is 4. The van der Waals surface area contributed by atoms with Crippen LogP contribution in [0, 0.1) is 11.7 Å². The highest BCUT2D eigenvalue weighted by Gasteiger charge is 2.38. The molecule has 1 aliphatic rings. The molecule has 2 N–H and O–H groups in total. The first-order valence-electron chi connectivity index (χ1n) is 7.66. The molecule has 0 aliphatic carbocycles. The Labute approximate surface area is 153 Å². The van der Waals surface area contributed by atoms with Gasteiger partial charge in [0.1, 0.15) is 17.1 Å². The Morgan fingerprint density at radius 1 is 1.21 bits per heavy atom. The van der Waals surface area contributed by atoms with Gasteiger partial charge in [0.25, 0.3) is 0 Å². The van der Waals surface area contributed by atoms with Gasteiger partial charge in [-0.1, -0.05) is 17.3 Å². The highest BCUT2D eigenvalue weighted by Crippen LogP contribution is 2.38. The Morgan fingerprint density at radius 2 is 1.82 bits per heavy atom. The van der Waals surface area contributed by atoms with Gasteiger partial charge in [-0.15, -0.1) is 5.10 Å². The molecule has 2 aromatic rings. The third kappa shape index (κ3) is 5.41. The smallest absolute Gasteiger partial charge is 0.475 e. The molecule has 3 rings (SSSR count). The minimum absolute atomic E-state index is 0.0223. The van der Waals surface area contributed by atoms with Crippen LogP contribution in [0.25, 0.3) is 11.3 Å². The second-order valence-corrected chi connectivity index (χ2v) is 5.81. The van der Waals surface area contributed by atoms with E-state index in [0.29, 0.717) is 12.5 Å². The maximum atomic E-state index is 13.5. The number of nitrogens with zero attached hydrogens (tertiary/aromatic N) is 3. The zero-order chi connectivity index (χ0) is 21.1. The van der Waals surface area contributed by atoms with Gasteiger partial charge in [0.2, 0.25) is 0 Å². The maximum Gasteiger partial charge on any atom is 0.490 e. The van der Waals surface area contributed by atoms with Crippen molar-refractivity contribution < 1.29 is 40.6 Å². The minimum Gasteiger partial charge on any atom is -0.475 e. The Bertz CT molecular complexity index is 829. The number of halogens is 7. The second-order valence-electron chi connectivity index (χ2n) is 5.81. The number of alkyl halides is 6. The summed E-state index contributed by atoms with van der Waals surface area (Å²) >= 11 is 0. The fraction of sp³-hybridized carbons (Fsp3) is 0.400. The van der Waals surface area contributed by atoms with E-state index >= 15 is 0 Å². The van der Waals surface area contributed by atoms with Gasteiger partial charge in [0.05, 0.1) is 6.20 Å². The standard InChI is InChI=1S/C13H12F4N4.C2HF3O2/c14-10-3-1-2-9(12(10)13(15,16)17)11-7-21(20-19-11)6-8-4-18-5-8;3-2(4,5)1(6)7/h1-3,7-8,18H,4-6H2;(H,6,7). The largest absolute Gasteiger partial charge is 0.490 e. The lowest BCUT2D eigenvalue weighted by Crippen LogP contribution is -2.44. The number of benzene rings is 1. The molecule has 2 heterocycles. The van der Waals surface area contributed by atoms with E-state index in [1.54, 1.807) is 0 Å². The number of rotatable bonds is 3. The molecule has 1 aromatic heterocycles. The molecule has 1 aliphatic heterocycles. The highest BCUT2D eigenvalue weighted by atomic mass is 19.4. The minimum atomic E-state index is -5.08. The Hall–Kier alpha value is -2.70. The predicted octanol–water partition coefficient (Wildman–Crippen LogP) is 2.96. The van der Waals surface area contributed by atoms with Crippen molar-refractivity contribution in [3.8, 4) is 11.3 Å². The Kier molecular flexibility index (Phi) is 6.27. The summed E-state index contributed by atoms with van der Waals surface area (Å²) in [6, 6.07) is 3.22. The van der Waals surface area contributed by atoms with Crippen LogP contribution in [0.15, 0.2) is 24.4 Å². The van der Waals surface area contributed by atoms with Gasteiger partial charge >= 0.3 is 18.3 Å². The van der Waals surface area contributed by atoms with E-state index in [1.165, 1.54) is 23.0 Å². The third-order valence-electron chi connectivity index (χ3n) is 3.67. The molecule has 6 nitrogen and oxygen atoms in total. The number of nitrogens with one attached hydrogen (secondary N) is 1. The summed E-state index contributed by atoms with van der Waals surface area (Å²) in [5, 5.41) is 17.8. The molecule has 28 heavy (non-hydrogen) atoms. The molecule has 1 aromatic carbocycles. The van der Waals surface area contributed by atoms with Gasteiger partial charge < -0.3 is 10.4 Å². The fourth-order valence-corrected chi connectivity index (χ4v) is 2.28. The molecule has 0 radical (unpaired) electrons. The van der Waals surface area contributed by atoms with Crippen LogP contribution in [0.2, 0.25) is 0 Å².